The van der Waals surface area contributed by atoms with Gasteiger partial charge in [-0.1, -0.05) is 12.1 Å². The molecule has 0 aliphatic carbocycles. The number of hydrogen-bond donors (Lipinski definition) is 2. The average molecular weight is 281 g/mol. The van der Waals surface area contributed by atoms with Crippen LogP contribution < -0.4 is 10.1 Å². The maximum Gasteiger partial charge on any atom is 0.329 e. The van der Waals surface area contributed by atoms with Crippen molar-refractivity contribution in [2.45, 2.75) is 20.0 Å². The maximum atomic E-state index is 12.0. The molecule has 1 rings (SSSR count). The summed E-state index contributed by atoms with van der Waals surface area (Å²) in [5.41, 5.74) is 0.444. The Morgan fingerprint density at radius 1 is 1.30 bits per heavy atom. The van der Waals surface area contributed by atoms with Crippen molar-refractivity contribution >= 4 is 11.9 Å². The standard InChI is InChI=1S/C14H19NO5/c1-10(2)20-12-6-4-3-5-11(12)14(18)15-7-8-19-9-13(16)17/h3-6,10H,7-9H2,1-2H3,(H,15,18)(H,16,17). The van der Waals surface area contributed by atoms with E-state index in [4.69, 9.17) is 14.6 Å². The summed E-state index contributed by atoms with van der Waals surface area (Å²) >= 11 is 0. The summed E-state index contributed by atoms with van der Waals surface area (Å²) in [5, 5.41) is 11.0. The van der Waals surface area contributed by atoms with Crippen LogP contribution in [0.4, 0.5) is 0 Å². The van der Waals surface area contributed by atoms with Gasteiger partial charge < -0.3 is 19.9 Å². The first-order valence-corrected chi connectivity index (χ1v) is 6.34. The van der Waals surface area contributed by atoms with E-state index in [1.54, 1.807) is 24.3 Å². The third-order valence-electron chi connectivity index (χ3n) is 2.25. The summed E-state index contributed by atoms with van der Waals surface area (Å²) in [6, 6.07) is 6.95. The first kappa shape index (κ1) is 16.0. The summed E-state index contributed by atoms with van der Waals surface area (Å²) in [4.78, 5) is 22.2. The zero-order valence-corrected chi connectivity index (χ0v) is 11.6. The number of benzene rings is 1. The number of carbonyl (C=O) groups excluding carboxylic acids is 1. The van der Waals surface area contributed by atoms with E-state index in [9.17, 15) is 9.59 Å². The van der Waals surface area contributed by atoms with Gasteiger partial charge in [0.15, 0.2) is 0 Å². The van der Waals surface area contributed by atoms with Gasteiger partial charge in [-0.2, -0.15) is 0 Å². The molecule has 2 N–H and O–H groups in total. The fraction of sp³-hybridized carbons (Fsp3) is 0.429. The smallest absolute Gasteiger partial charge is 0.329 e. The van der Waals surface area contributed by atoms with Crippen LogP contribution in [-0.2, 0) is 9.53 Å². The molecule has 110 valence electrons. The normalized spacial score (nSPS) is 10.3. The van der Waals surface area contributed by atoms with Crippen LogP contribution in [0, 0.1) is 0 Å². The molecule has 0 aliphatic heterocycles. The molecule has 1 amide bonds. The van der Waals surface area contributed by atoms with E-state index in [1.165, 1.54) is 0 Å². The second-order valence-electron chi connectivity index (χ2n) is 4.36. The SMILES string of the molecule is CC(C)Oc1ccccc1C(=O)NCCOCC(=O)O. The number of para-hydroxylation sites is 1. The molecular formula is C14H19NO5. The number of carboxylic acids is 1. The molecule has 0 spiro atoms. The third-order valence-corrected chi connectivity index (χ3v) is 2.25. The minimum absolute atomic E-state index is 0.0251. The van der Waals surface area contributed by atoms with Crippen LogP contribution in [0.5, 0.6) is 5.75 Å². The van der Waals surface area contributed by atoms with Crippen molar-refractivity contribution < 1.29 is 24.2 Å². The van der Waals surface area contributed by atoms with Gasteiger partial charge in [0, 0.05) is 6.54 Å². The number of nitrogens with one attached hydrogen (secondary N) is 1. The molecule has 20 heavy (non-hydrogen) atoms. The van der Waals surface area contributed by atoms with Crippen LogP contribution >= 0.6 is 0 Å². The molecule has 0 saturated heterocycles. The fourth-order valence-electron chi connectivity index (χ4n) is 1.50. The van der Waals surface area contributed by atoms with Gasteiger partial charge in [0.2, 0.25) is 0 Å². The van der Waals surface area contributed by atoms with E-state index in [1.807, 2.05) is 13.8 Å². The summed E-state index contributed by atoms with van der Waals surface area (Å²) in [6.45, 7) is 3.78. The Kier molecular flexibility index (Phi) is 6.52. The number of rotatable bonds is 8. The summed E-state index contributed by atoms with van der Waals surface area (Å²) < 4.78 is 10.4. The highest BCUT2D eigenvalue weighted by Crippen LogP contribution is 2.19. The highest BCUT2D eigenvalue weighted by atomic mass is 16.5. The summed E-state index contributed by atoms with van der Waals surface area (Å²) in [5.74, 6) is -0.793. The Labute approximate surface area is 117 Å². The van der Waals surface area contributed by atoms with Gasteiger partial charge in [0.05, 0.1) is 18.3 Å². The minimum Gasteiger partial charge on any atom is -0.490 e. The van der Waals surface area contributed by atoms with E-state index in [0.717, 1.165) is 0 Å². The monoisotopic (exact) mass is 281 g/mol. The predicted molar refractivity (Wildman–Crippen MR) is 73.0 cm³/mol. The number of ether oxygens (including phenoxy) is 2. The van der Waals surface area contributed by atoms with Crippen molar-refractivity contribution in [1.29, 1.82) is 0 Å². The lowest BCUT2D eigenvalue weighted by Crippen LogP contribution is -2.28. The van der Waals surface area contributed by atoms with Crippen LogP contribution in [0.3, 0.4) is 0 Å². The second kappa shape index (κ2) is 8.16. The molecule has 6 nitrogen and oxygen atoms in total. The summed E-state index contributed by atoms with van der Waals surface area (Å²) in [6.07, 6.45) is -0.0251. The van der Waals surface area contributed by atoms with Gasteiger partial charge in [0.25, 0.3) is 5.91 Å². The molecule has 0 fully saturated rings. The average Bonchev–Trinajstić information content (AvgIpc) is 2.37. The molecule has 0 bridgehead atoms. The molecular weight excluding hydrogens is 262 g/mol. The van der Waals surface area contributed by atoms with E-state index < -0.39 is 5.97 Å². The van der Waals surface area contributed by atoms with Crippen molar-refractivity contribution in [3.05, 3.63) is 29.8 Å². The largest absolute Gasteiger partial charge is 0.490 e. The summed E-state index contributed by atoms with van der Waals surface area (Å²) in [7, 11) is 0. The fourth-order valence-corrected chi connectivity index (χ4v) is 1.50. The second-order valence-corrected chi connectivity index (χ2v) is 4.36. The van der Waals surface area contributed by atoms with Gasteiger partial charge in [-0.3, -0.25) is 4.79 Å². The number of amides is 1. The molecule has 0 heterocycles. The van der Waals surface area contributed by atoms with Crippen LogP contribution in [0.15, 0.2) is 24.3 Å². The molecule has 1 aromatic rings. The van der Waals surface area contributed by atoms with Gasteiger partial charge in [-0.15, -0.1) is 0 Å². The predicted octanol–water partition coefficient (Wildman–Crippen LogP) is 1.30. The Hall–Kier alpha value is -2.08. The van der Waals surface area contributed by atoms with Gasteiger partial charge >= 0.3 is 5.97 Å². The first-order chi connectivity index (χ1) is 9.50. The Bertz CT molecular complexity index is 459. The number of aliphatic carboxylic acids is 1. The lowest BCUT2D eigenvalue weighted by Gasteiger charge is -2.14. The highest BCUT2D eigenvalue weighted by molar-refractivity contribution is 5.96. The zero-order chi connectivity index (χ0) is 15.0. The lowest BCUT2D eigenvalue weighted by atomic mass is 10.2. The number of carboxylic acid groups (broad SMARTS) is 1. The van der Waals surface area contributed by atoms with Crippen molar-refractivity contribution in [1.82, 2.24) is 5.32 Å². The molecule has 0 atom stereocenters. The minimum atomic E-state index is -1.04. The molecule has 6 heteroatoms. The van der Waals surface area contributed by atoms with E-state index >= 15 is 0 Å². The Morgan fingerprint density at radius 3 is 2.65 bits per heavy atom. The van der Waals surface area contributed by atoms with Gasteiger partial charge in [-0.05, 0) is 26.0 Å². The maximum absolute atomic E-state index is 12.0. The van der Waals surface area contributed by atoms with Crippen LogP contribution in [0.1, 0.15) is 24.2 Å². The lowest BCUT2D eigenvalue weighted by molar-refractivity contribution is -0.142. The molecule has 0 aliphatic rings. The molecule has 0 radical (unpaired) electrons. The molecule has 0 saturated carbocycles. The van der Waals surface area contributed by atoms with Crippen molar-refractivity contribution in [3.8, 4) is 5.75 Å². The third kappa shape index (κ3) is 5.71. The highest BCUT2D eigenvalue weighted by Gasteiger charge is 2.12. The Morgan fingerprint density at radius 2 is 2.00 bits per heavy atom. The van der Waals surface area contributed by atoms with Crippen LogP contribution in [-0.4, -0.2) is 42.8 Å². The molecule has 1 aromatic carbocycles. The van der Waals surface area contributed by atoms with Crippen molar-refractivity contribution in [2.24, 2.45) is 0 Å². The van der Waals surface area contributed by atoms with E-state index in [0.29, 0.717) is 11.3 Å². The van der Waals surface area contributed by atoms with E-state index in [2.05, 4.69) is 5.32 Å². The quantitative estimate of drug-likeness (QED) is 0.702. The van der Waals surface area contributed by atoms with Crippen molar-refractivity contribution in [2.75, 3.05) is 19.8 Å². The first-order valence-electron chi connectivity index (χ1n) is 6.34. The zero-order valence-electron chi connectivity index (χ0n) is 11.6. The number of carbonyl (C=O) groups is 2. The van der Waals surface area contributed by atoms with Crippen LogP contribution in [0.25, 0.3) is 0 Å². The topological polar surface area (TPSA) is 84.9 Å². The van der Waals surface area contributed by atoms with E-state index in [-0.39, 0.29) is 31.8 Å². The molecule has 0 unspecified atom stereocenters. The Balaban J connectivity index is 2.48. The van der Waals surface area contributed by atoms with Crippen molar-refractivity contribution in [3.63, 3.8) is 0 Å². The van der Waals surface area contributed by atoms with Gasteiger partial charge in [0.1, 0.15) is 12.4 Å². The van der Waals surface area contributed by atoms with Crippen LogP contribution in [0.2, 0.25) is 0 Å². The molecule has 0 aromatic heterocycles. The number of hydrogen-bond acceptors (Lipinski definition) is 4. The van der Waals surface area contributed by atoms with Gasteiger partial charge in [-0.25, -0.2) is 4.79 Å².